The molecule has 1 aliphatic carbocycles. The summed E-state index contributed by atoms with van der Waals surface area (Å²) < 4.78 is 0. The molecule has 0 heterocycles. The summed E-state index contributed by atoms with van der Waals surface area (Å²) >= 11 is 0. The molecule has 1 saturated carbocycles. The Bertz CT molecular complexity index is 320. The van der Waals surface area contributed by atoms with Gasteiger partial charge >= 0.3 is 5.97 Å². The van der Waals surface area contributed by atoms with Crippen molar-refractivity contribution in [2.45, 2.75) is 71.4 Å². The van der Waals surface area contributed by atoms with Gasteiger partial charge in [-0.25, -0.2) is 0 Å². The van der Waals surface area contributed by atoms with E-state index in [0.717, 1.165) is 6.54 Å². The highest BCUT2D eigenvalue weighted by molar-refractivity contribution is 5.78. The molecule has 0 bridgehead atoms. The largest absolute Gasteiger partial charge is 0.480 e. The molecular formula is C16H32N2O2. The molecule has 118 valence electrons. The fourth-order valence-electron chi connectivity index (χ4n) is 3.07. The van der Waals surface area contributed by atoms with Crippen LogP contribution in [0, 0.1) is 5.41 Å². The van der Waals surface area contributed by atoms with Crippen LogP contribution >= 0.6 is 0 Å². The van der Waals surface area contributed by atoms with Gasteiger partial charge in [-0.15, -0.1) is 0 Å². The molecule has 1 fully saturated rings. The smallest absolute Gasteiger partial charge is 0.323 e. The number of nitrogens with one attached hydrogen (secondary N) is 1. The van der Waals surface area contributed by atoms with Crippen molar-refractivity contribution < 1.29 is 9.90 Å². The second-order valence-electron chi connectivity index (χ2n) is 7.29. The zero-order chi connectivity index (χ0) is 15.4. The maximum absolute atomic E-state index is 11.4. The first-order valence-corrected chi connectivity index (χ1v) is 7.89. The van der Waals surface area contributed by atoms with Gasteiger partial charge in [0.2, 0.25) is 0 Å². The van der Waals surface area contributed by atoms with E-state index in [4.69, 9.17) is 0 Å². The normalized spacial score (nSPS) is 22.7. The van der Waals surface area contributed by atoms with Gasteiger partial charge in [-0.1, -0.05) is 20.8 Å². The first-order valence-electron chi connectivity index (χ1n) is 7.89. The Labute approximate surface area is 123 Å². The molecule has 1 unspecified atom stereocenters. The van der Waals surface area contributed by atoms with E-state index >= 15 is 0 Å². The zero-order valence-corrected chi connectivity index (χ0v) is 13.8. The summed E-state index contributed by atoms with van der Waals surface area (Å²) in [6.45, 7) is 9.95. The third-order valence-electron chi connectivity index (χ3n) is 4.94. The number of carboxylic acids is 1. The standard InChI is InChI=1S/C16H32N2O2/c1-6-17-16(4,14(19)20)11-12-18(5)13-7-9-15(2,3)10-8-13/h13,17H,6-12H2,1-5H3,(H,19,20). The summed E-state index contributed by atoms with van der Waals surface area (Å²) in [6, 6.07) is 0.614. The summed E-state index contributed by atoms with van der Waals surface area (Å²) in [5.41, 5.74) is -0.326. The van der Waals surface area contributed by atoms with Crippen LogP contribution in [0.2, 0.25) is 0 Å². The highest BCUT2D eigenvalue weighted by Crippen LogP contribution is 2.36. The zero-order valence-electron chi connectivity index (χ0n) is 13.8. The fraction of sp³-hybridized carbons (Fsp3) is 0.938. The molecule has 0 amide bonds. The van der Waals surface area contributed by atoms with Gasteiger partial charge in [0.1, 0.15) is 5.54 Å². The van der Waals surface area contributed by atoms with Gasteiger partial charge in [0.25, 0.3) is 0 Å². The van der Waals surface area contributed by atoms with E-state index in [1.54, 1.807) is 6.92 Å². The molecule has 1 atom stereocenters. The predicted molar refractivity (Wildman–Crippen MR) is 83.0 cm³/mol. The number of rotatable bonds is 7. The van der Waals surface area contributed by atoms with E-state index in [9.17, 15) is 9.90 Å². The Hall–Kier alpha value is -0.610. The molecular weight excluding hydrogens is 252 g/mol. The van der Waals surface area contributed by atoms with Crippen LogP contribution in [-0.2, 0) is 4.79 Å². The van der Waals surface area contributed by atoms with Gasteiger partial charge in [0.05, 0.1) is 0 Å². The van der Waals surface area contributed by atoms with Crippen LogP contribution in [0.25, 0.3) is 0 Å². The molecule has 0 saturated heterocycles. The molecule has 0 radical (unpaired) electrons. The molecule has 0 aromatic heterocycles. The second kappa shape index (κ2) is 6.90. The van der Waals surface area contributed by atoms with Crippen molar-refractivity contribution in [3.8, 4) is 0 Å². The maximum Gasteiger partial charge on any atom is 0.323 e. The van der Waals surface area contributed by atoms with Gasteiger partial charge in [0.15, 0.2) is 0 Å². The van der Waals surface area contributed by atoms with Crippen molar-refractivity contribution >= 4 is 5.97 Å². The summed E-state index contributed by atoms with van der Waals surface area (Å²) in [6.07, 6.45) is 5.65. The molecule has 4 nitrogen and oxygen atoms in total. The fourth-order valence-corrected chi connectivity index (χ4v) is 3.07. The minimum absolute atomic E-state index is 0.483. The lowest BCUT2D eigenvalue weighted by Gasteiger charge is -2.39. The molecule has 2 N–H and O–H groups in total. The number of hydrogen-bond donors (Lipinski definition) is 2. The van der Waals surface area contributed by atoms with E-state index in [-0.39, 0.29) is 0 Å². The van der Waals surface area contributed by atoms with E-state index < -0.39 is 11.5 Å². The van der Waals surface area contributed by atoms with Crippen molar-refractivity contribution in [2.75, 3.05) is 20.1 Å². The van der Waals surface area contributed by atoms with Crippen molar-refractivity contribution in [3.05, 3.63) is 0 Å². The van der Waals surface area contributed by atoms with Gasteiger partial charge in [0, 0.05) is 12.6 Å². The Morgan fingerprint density at radius 1 is 1.40 bits per heavy atom. The topological polar surface area (TPSA) is 52.6 Å². The lowest BCUT2D eigenvalue weighted by Crippen LogP contribution is -2.51. The first kappa shape index (κ1) is 17.4. The molecule has 20 heavy (non-hydrogen) atoms. The Morgan fingerprint density at radius 3 is 2.40 bits per heavy atom. The quantitative estimate of drug-likeness (QED) is 0.755. The summed E-state index contributed by atoms with van der Waals surface area (Å²) in [5, 5.41) is 12.5. The molecule has 0 aromatic carbocycles. The van der Waals surface area contributed by atoms with Gasteiger partial charge in [-0.05, 0) is 58.0 Å². The van der Waals surface area contributed by atoms with Gasteiger partial charge < -0.3 is 15.3 Å². The highest BCUT2D eigenvalue weighted by Gasteiger charge is 2.34. The van der Waals surface area contributed by atoms with Gasteiger partial charge in [-0.2, -0.15) is 0 Å². The van der Waals surface area contributed by atoms with Crippen LogP contribution in [0.5, 0.6) is 0 Å². The van der Waals surface area contributed by atoms with Crippen molar-refractivity contribution in [2.24, 2.45) is 5.41 Å². The minimum Gasteiger partial charge on any atom is -0.480 e. The average molecular weight is 284 g/mol. The SMILES string of the molecule is CCNC(C)(CCN(C)C1CCC(C)(C)CC1)C(=O)O. The van der Waals surface area contributed by atoms with Crippen LogP contribution in [0.1, 0.15) is 59.8 Å². The monoisotopic (exact) mass is 284 g/mol. The van der Waals surface area contributed by atoms with Crippen LogP contribution in [0.15, 0.2) is 0 Å². The van der Waals surface area contributed by atoms with E-state index in [0.29, 0.717) is 24.4 Å². The van der Waals surface area contributed by atoms with Crippen LogP contribution < -0.4 is 5.32 Å². The number of hydrogen-bond acceptors (Lipinski definition) is 3. The van der Waals surface area contributed by atoms with Gasteiger partial charge in [-0.3, -0.25) is 4.79 Å². The highest BCUT2D eigenvalue weighted by atomic mass is 16.4. The molecule has 0 aromatic rings. The number of nitrogens with zero attached hydrogens (tertiary/aromatic N) is 1. The lowest BCUT2D eigenvalue weighted by atomic mass is 9.75. The number of likely N-dealkylation sites (N-methyl/N-ethyl adjacent to an activating group) is 1. The van der Waals surface area contributed by atoms with Crippen LogP contribution in [0.4, 0.5) is 0 Å². The first-order chi connectivity index (χ1) is 9.20. The molecule has 1 aliphatic rings. The third-order valence-corrected chi connectivity index (χ3v) is 4.94. The van der Waals surface area contributed by atoms with Crippen molar-refractivity contribution in [1.29, 1.82) is 0 Å². The minimum atomic E-state index is -0.809. The van der Waals surface area contributed by atoms with Crippen LogP contribution in [0.3, 0.4) is 0 Å². The molecule has 1 rings (SSSR count). The average Bonchev–Trinajstić information content (AvgIpc) is 2.36. The molecule has 4 heteroatoms. The van der Waals surface area contributed by atoms with Crippen LogP contribution in [-0.4, -0.2) is 47.7 Å². The summed E-state index contributed by atoms with van der Waals surface area (Å²) in [5.74, 6) is -0.752. The Kier molecular flexibility index (Phi) is 6.02. The number of carboxylic acid groups (broad SMARTS) is 1. The lowest BCUT2D eigenvalue weighted by molar-refractivity contribution is -0.144. The van der Waals surface area contributed by atoms with Crippen molar-refractivity contribution in [3.63, 3.8) is 0 Å². The Morgan fingerprint density at radius 2 is 1.95 bits per heavy atom. The molecule has 0 spiro atoms. The maximum atomic E-state index is 11.4. The van der Waals surface area contributed by atoms with E-state index in [2.05, 4.69) is 31.1 Å². The Balaban J connectivity index is 2.46. The van der Waals surface area contributed by atoms with Crippen molar-refractivity contribution in [1.82, 2.24) is 10.2 Å². The predicted octanol–water partition coefficient (Wildman–Crippen LogP) is 2.73. The summed E-state index contributed by atoms with van der Waals surface area (Å²) in [7, 11) is 2.14. The number of aliphatic carboxylic acids is 1. The molecule has 0 aliphatic heterocycles. The van der Waals surface area contributed by atoms with E-state index in [1.807, 2.05) is 6.92 Å². The summed E-state index contributed by atoms with van der Waals surface area (Å²) in [4.78, 5) is 13.8. The second-order valence-corrected chi connectivity index (χ2v) is 7.29. The third kappa shape index (κ3) is 4.74. The number of carbonyl (C=O) groups is 1. The van der Waals surface area contributed by atoms with E-state index in [1.165, 1.54) is 25.7 Å².